The molecule has 4 rings (SSSR count). The number of piperidine rings is 1. The molecule has 1 saturated heterocycles. The van der Waals surface area contributed by atoms with Crippen molar-refractivity contribution in [1.82, 2.24) is 4.90 Å². The highest BCUT2D eigenvalue weighted by atomic mass is 16.4. The number of aryl methyl sites for hydroxylation is 2. The third-order valence-electron chi connectivity index (χ3n) is 6.05. The van der Waals surface area contributed by atoms with Crippen molar-refractivity contribution in [1.29, 1.82) is 0 Å². The lowest BCUT2D eigenvalue weighted by Crippen LogP contribution is -2.46. The molecule has 0 amide bonds. The fourth-order valence-electron chi connectivity index (χ4n) is 4.76. The minimum absolute atomic E-state index is 0.0603. The number of benzene rings is 3. The summed E-state index contributed by atoms with van der Waals surface area (Å²) in [7, 11) is 0. The second-order valence-corrected chi connectivity index (χ2v) is 8.40. The average Bonchev–Trinajstić information content (AvgIpc) is 2.75. The van der Waals surface area contributed by atoms with Crippen molar-refractivity contribution in [2.24, 2.45) is 0 Å². The van der Waals surface area contributed by atoms with Crippen molar-refractivity contribution in [2.45, 2.75) is 45.2 Å². The topological polar surface area (TPSA) is 40.5 Å². The van der Waals surface area contributed by atoms with E-state index >= 15 is 0 Å². The lowest BCUT2D eigenvalue weighted by Gasteiger charge is -2.40. The number of carboxylic acid groups (broad SMARTS) is 1. The van der Waals surface area contributed by atoms with Crippen LogP contribution in [0.2, 0.25) is 0 Å². The number of carboxylic acids is 1. The zero-order chi connectivity index (χ0) is 21.1. The van der Waals surface area contributed by atoms with Crippen molar-refractivity contribution < 1.29 is 9.90 Å². The van der Waals surface area contributed by atoms with Gasteiger partial charge in [-0.25, -0.2) is 0 Å². The smallest absolute Gasteiger partial charge is 0.320 e. The van der Waals surface area contributed by atoms with Gasteiger partial charge < -0.3 is 5.11 Å². The predicted octanol–water partition coefficient (Wildman–Crippen LogP) is 6.00. The van der Waals surface area contributed by atoms with Crippen LogP contribution in [0.5, 0.6) is 0 Å². The molecule has 3 nitrogen and oxygen atoms in total. The molecule has 0 aromatic heterocycles. The van der Waals surface area contributed by atoms with Crippen molar-refractivity contribution in [3.05, 3.63) is 95.1 Å². The first-order valence-electron chi connectivity index (χ1n) is 10.7. The number of hydrogen-bond acceptors (Lipinski definition) is 2. The fourth-order valence-corrected chi connectivity index (χ4v) is 4.76. The Kier molecular flexibility index (Phi) is 6.01. The van der Waals surface area contributed by atoms with Gasteiger partial charge in [-0.15, -0.1) is 0 Å². The van der Waals surface area contributed by atoms with Crippen molar-refractivity contribution in [2.75, 3.05) is 6.54 Å². The zero-order valence-electron chi connectivity index (χ0n) is 17.7. The van der Waals surface area contributed by atoms with Gasteiger partial charge in [-0.05, 0) is 55.5 Å². The summed E-state index contributed by atoms with van der Waals surface area (Å²) >= 11 is 0. The number of nitrogens with zero attached hydrogens (tertiary/aromatic N) is 1. The Morgan fingerprint density at radius 2 is 1.50 bits per heavy atom. The average molecular weight is 400 g/mol. The van der Waals surface area contributed by atoms with Gasteiger partial charge in [0.05, 0.1) is 6.04 Å². The highest BCUT2D eigenvalue weighted by Gasteiger charge is 2.35. The van der Waals surface area contributed by atoms with Crippen LogP contribution in [0.25, 0.3) is 11.1 Å². The van der Waals surface area contributed by atoms with Gasteiger partial charge in [-0.2, -0.15) is 0 Å². The lowest BCUT2D eigenvalue weighted by molar-refractivity contribution is -0.145. The summed E-state index contributed by atoms with van der Waals surface area (Å²) < 4.78 is 0. The zero-order valence-corrected chi connectivity index (χ0v) is 17.7. The molecule has 2 atom stereocenters. The maximum absolute atomic E-state index is 12.1. The first kappa shape index (κ1) is 20.4. The molecule has 3 heteroatoms. The van der Waals surface area contributed by atoms with E-state index < -0.39 is 12.0 Å². The molecule has 1 fully saturated rings. The summed E-state index contributed by atoms with van der Waals surface area (Å²) in [4.78, 5) is 14.3. The van der Waals surface area contributed by atoms with E-state index in [-0.39, 0.29) is 6.04 Å². The highest BCUT2D eigenvalue weighted by Crippen LogP contribution is 2.36. The monoisotopic (exact) mass is 399 g/mol. The minimum Gasteiger partial charge on any atom is -0.480 e. The van der Waals surface area contributed by atoms with Crippen LogP contribution in [0.15, 0.2) is 72.8 Å². The Morgan fingerprint density at radius 3 is 2.13 bits per heavy atom. The van der Waals surface area contributed by atoms with Crippen molar-refractivity contribution in [3.63, 3.8) is 0 Å². The van der Waals surface area contributed by atoms with E-state index in [0.29, 0.717) is 6.42 Å². The molecule has 2 unspecified atom stereocenters. The number of likely N-dealkylation sites (tertiary alicyclic amines) is 1. The van der Waals surface area contributed by atoms with E-state index in [0.717, 1.165) is 24.9 Å². The van der Waals surface area contributed by atoms with Crippen LogP contribution in [0.3, 0.4) is 0 Å². The molecule has 1 aliphatic heterocycles. The number of rotatable bonds is 5. The van der Waals surface area contributed by atoms with E-state index in [4.69, 9.17) is 0 Å². The highest BCUT2D eigenvalue weighted by molar-refractivity contribution is 5.74. The lowest BCUT2D eigenvalue weighted by atomic mass is 9.89. The minimum atomic E-state index is -0.718. The van der Waals surface area contributed by atoms with Crippen LogP contribution in [-0.2, 0) is 4.79 Å². The SMILES string of the molecule is Cc1cc(C)cc(C(c2ccc(-c3ccccc3)cc2)N2CCCCC2C(=O)O)c1. The maximum Gasteiger partial charge on any atom is 0.320 e. The van der Waals surface area contributed by atoms with E-state index in [2.05, 4.69) is 73.3 Å². The molecule has 0 spiro atoms. The summed E-state index contributed by atoms with van der Waals surface area (Å²) in [5.74, 6) is -0.718. The summed E-state index contributed by atoms with van der Waals surface area (Å²) in [6.07, 6.45) is 2.71. The molecule has 0 bridgehead atoms. The van der Waals surface area contributed by atoms with Gasteiger partial charge in [0.15, 0.2) is 0 Å². The molecule has 1 heterocycles. The van der Waals surface area contributed by atoms with E-state index in [1.807, 2.05) is 18.2 Å². The van der Waals surface area contributed by atoms with E-state index in [1.165, 1.54) is 27.8 Å². The first-order chi connectivity index (χ1) is 14.5. The van der Waals surface area contributed by atoms with E-state index in [1.54, 1.807) is 0 Å². The Hall–Kier alpha value is -2.91. The standard InChI is InChI=1S/C27H29NO2/c1-19-16-20(2)18-24(17-19)26(28-15-7-6-10-25(28)27(29)30)23-13-11-22(12-14-23)21-8-4-3-5-9-21/h3-5,8-9,11-14,16-18,25-26H,6-7,10,15H2,1-2H3,(H,29,30). The Balaban J connectivity index is 1.78. The van der Waals surface area contributed by atoms with Gasteiger partial charge in [0, 0.05) is 0 Å². The van der Waals surface area contributed by atoms with Gasteiger partial charge >= 0.3 is 5.97 Å². The molecule has 3 aromatic rings. The molecule has 1 N–H and O–H groups in total. The van der Waals surface area contributed by atoms with Gasteiger partial charge in [-0.3, -0.25) is 9.69 Å². The molecular weight excluding hydrogens is 370 g/mol. The maximum atomic E-state index is 12.1. The van der Waals surface area contributed by atoms with Crippen LogP contribution in [-0.4, -0.2) is 28.6 Å². The van der Waals surface area contributed by atoms with Crippen LogP contribution < -0.4 is 0 Å². The summed E-state index contributed by atoms with van der Waals surface area (Å²) in [5, 5.41) is 9.91. The van der Waals surface area contributed by atoms with Crippen molar-refractivity contribution >= 4 is 5.97 Å². The van der Waals surface area contributed by atoms with Crippen LogP contribution in [0.1, 0.15) is 47.6 Å². The molecule has 0 aliphatic carbocycles. The molecular formula is C27H29NO2. The quantitative estimate of drug-likeness (QED) is 0.572. The van der Waals surface area contributed by atoms with Crippen molar-refractivity contribution in [3.8, 4) is 11.1 Å². The normalized spacial score (nSPS) is 18.1. The number of hydrogen-bond donors (Lipinski definition) is 1. The summed E-state index contributed by atoms with van der Waals surface area (Å²) in [5.41, 5.74) is 7.10. The molecule has 1 aliphatic rings. The van der Waals surface area contributed by atoms with Crippen LogP contribution in [0.4, 0.5) is 0 Å². The second-order valence-electron chi connectivity index (χ2n) is 8.40. The van der Waals surface area contributed by atoms with Crippen LogP contribution >= 0.6 is 0 Å². The molecule has 30 heavy (non-hydrogen) atoms. The Morgan fingerprint density at radius 1 is 0.867 bits per heavy atom. The first-order valence-corrected chi connectivity index (χ1v) is 10.7. The second kappa shape index (κ2) is 8.85. The Bertz CT molecular complexity index is 991. The van der Waals surface area contributed by atoms with Gasteiger partial charge in [0.1, 0.15) is 6.04 Å². The number of aliphatic carboxylic acids is 1. The predicted molar refractivity (Wildman–Crippen MR) is 122 cm³/mol. The molecule has 154 valence electrons. The van der Waals surface area contributed by atoms with Gasteiger partial charge in [0.25, 0.3) is 0 Å². The largest absolute Gasteiger partial charge is 0.480 e. The Labute approximate surface area is 179 Å². The third-order valence-corrected chi connectivity index (χ3v) is 6.05. The van der Waals surface area contributed by atoms with E-state index in [9.17, 15) is 9.90 Å². The fraction of sp³-hybridized carbons (Fsp3) is 0.296. The number of carbonyl (C=O) groups is 1. The third kappa shape index (κ3) is 4.31. The van der Waals surface area contributed by atoms with Gasteiger partial charge in [0.2, 0.25) is 0 Å². The molecule has 0 saturated carbocycles. The molecule has 3 aromatic carbocycles. The summed E-state index contributed by atoms with van der Waals surface area (Å²) in [6, 6.07) is 25.1. The molecule has 0 radical (unpaired) electrons. The van der Waals surface area contributed by atoms with Gasteiger partial charge in [-0.1, -0.05) is 90.3 Å². The summed E-state index contributed by atoms with van der Waals surface area (Å²) in [6.45, 7) is 5.02. The van der Waals surface area contributed by atoms with Crippen LogP contribution in [0, 0.1) is 13.8 Å².